The van der Waals surface area contributed by atoms with E-state index >= 15 is 0 Å². The van der Waals surface area contributed by atoms with Crippen LogP contribution in [0.15, 0.2) is 0 Å². The molecular formula is C11H23NO3S. The first kappa shape index (κ1) is 13.9. The molecule has 1 aliphatic rings. The van der Waals surface area contributed by atoms with Gasteiger partial charge in [-0.05, 0) is 38.5 Å². The molecule has 96 valence electrons. The van der Waals surface area contributed by atoms with Crippen molar-refractivity contribution in [3.05, 3.63) is 0 Å². The van der Waals surface area contributed by atoms with Gasteiger partial charge in [0.2, 0.25) is 10.0 Å². The number of hydrogen-bond acceptors (Lipinski definition) is 3. The first-order valence-electron chi connectivity index (χ1n) is 6.16. The summed E-state index contributed by atoms with van der Waals surface area (Å²) in [7, 11) is -3.15. The molecule has 16 heavy (non-hydrogen) atoms. The average molecular weight is 249 g/mol. The minimum atomic E-state index is -3.15. The zero-order valence-corrected chi connectivity index (χ0v) is 10.8. The number of aliphatic hydroxyl groups is 1. The molecule has 1 rings (SSSR count). The molecule has 0 aromatic heterocycles. The zero-order chi connectivity index (χ0) is 12.0. The highest BCUT2D eigenvalue weighted by Gasteiger charge is 2.24. The predicted molar refractivity (Wildman–Crippen MR) is 64.7 cm³/mol. The van der Waals surface area contributed by atoms with Gasteiger partial charge in [-0.25, -0.2) is 13.1 Å². The van der Waals surface area contributed by atoms with Crippen molar-refractivity contribution in [1.82, 2.24) is 4.72 Å². The molecule has 5 heteroatoms. The summed E-state index contributed by atoms with van der Waals surface area (Å²) in [4.78, 5) is 0. The van der Waals surface area contributed by atoms with Crippen molar-refractivity contribution < 1.29 is 13.5 Å². The van der Waals surface area contributed by atoms with Gasteiger partial charge >= 0.3 is 0 Å². The third-order valence-electron chi connectivity index (χ3n) is 3.29. The van der Waals surface area contributed by atoms with E-state index in [2.05, 4.69) is 4.72 Å². The number of sulfonamides is 1. The standard InChI is InChI=1S/C11H23NO3S/c1-10(11-6-2-3-7-11)12-16(14,15)9-5-4-8-13/h10-13H,2-9H2,1H3. The van der Waals surface area contributed by atoms with Crippen LogP contribution in [0.5, 0.6) is 0 Å². The molecular weight excluding hydrogens is 226 g/mol. The minimum Gasteiger partial charge on any atom is -0.396 e. The van der Waals surface area contributed by atoms with Gasteiger partial charge in [0.15, 0.2) is 0 Å². The summed E-state index contributed by atoms with van der Waals surface area (Å²) in [5.41, 5.74) is 0. The Hall–Kier alpha value is -0.130. The molecule has 0 radical (unpaired) electrons. The Bertz CT molecular complexity index is 284. The Morgan fingerprint density at radius 2 is 1.94 bits per heavy atom. The zero-order valence-electron chi connectivity index (χ0n) is 9.98. The minimum absolute atomic E-state index is 0.0571. The maximum atomic E-state index is 11.7. The van der Waals surface area contributed by atoms with E-state index in [0.717, 1.165) is 12.8 Å². The summed E-state index contributed by atoms with van der Waals surface area (Å²) >= 11 is 0. The number of unbranched alkanes of at least 4 members (excludes halogenated alkanes) is 1. The molecule has 1 saturated carbocycles. The van der Waals surface area contributed by atoms with E-state index in [1.54, 1.807) is 0 Å². The molecule has 1 aliphatic carbocycles. The van der Waals surface area contributed by atoms with Gasteiger partial charge in [-0.2, -0.15) is 0 Å². The highest BCUT2D eigenvalue weighted by Crippen LogP contribution is 2.27. The van der Waals surface area contributed by atoms with Crippen LogP contribution in [0.25, 0.3) is 0 Å². The van der Waals surface area contributed by atoms with E-state index in [4.69, 9.17) is 5.11 Å². The second-order valence-corrected chi connectivity index (χ2v) is 6.57. The van der Waals surface area contributed by atoms with Crippen molar-refractivity contribution in [2.75, 3.05) is 12.4 Å². The first-order valence-corrected chi connectivity index (χ1v) is 7.81. The lowest BCUT2D eigenvalue weighted by molar-refractivity contribution is 0.287. The molecule has 1 unspecified atom stereocenters. The number of rotatable bonds is 7. The quantitative estimate of drug-likeness (QED) is 0.667. The molecule has 0 aromatic rings. The van der Waals surface area contributed by atoms with Crippen molar-refractivity contribution in [3.63, 3.8) is 0 Å². The van der Waals surface area contributed by atoms with Crippen molar-refractivity contribution in [3.8, 4) is 0 Å². The van der Waals surface area contributed by atoms with E-state index in [-0.39, 0.29) is 18.4 Å². The lowest BCUT2D eigenvalue weighted by Crippen LogP contribution is -2.38. The third-order valence-corrected chi connectivity index (χ3v) is 4.85. The van der Waals surface area contributed by atoms with Crippen molar-refractivity contribution in [2.24, 2.45) is 5.92 Å². The smallest absolute Gasteiger partial charge is 0.211 e. The van der Waals surface area contributed by atoms with Crippen LogP contribution in [-0.2, 0) is 10.0 Å². The molecule has 1 fully saturated rings. The maximum absolute atomic E-state index is 11.7. The molecule has 0 saturated heterocycles. The van der Waals surface area contributed by atoms with E-state index in [0.29, 0.717) is 18.8 Å². The van der Waals surface area contributed by atoms with Crippen LogP contribution >= 0.6 is 0 Å². The van der Waals surface area contributed by atoms with E-state index in [1.165, 1.54) is 12.8 Å². The number of nitrogens with one attached hydrogen (secondary N) is 1. The Labute approximate surface area is 98.5 Å². The van der Waals surface area contributed by atoms with Crippen LogP contribution in [0.3, 0.4) is 0 Å². The molecule has 0 amide bonds. The summed E-state index contributed by atoms with van der Waals surface area (Å²) in [5, 5.41) is 8.60. The van der Waals surface area contributed by atoms with Gasteiger partial charge in [0.05, 0.1) is 5.75 Å². The van der Waals surface area contributed by atoms with E-state index in [1.807, 2.05) is 6.92 Å². The second kappa shape index (κ2) is 6.57. The fourth-order valence-electron chi connectivity index (χ4n) is 2.30. The molecule has 1 atom stereocenters. The topological polar surface area (TPSA) is 66.4 Å². The van der Waals surface area contributed by atoms with Crippen LogP contribution in [0.2, 0.25) is 0 Å². The summed E-state index contributed by atoms with van der Waals surface area (Å²) in [5.74, 6) is 0.637. The maximum Gasteiger partial charge on any atom is 0.211 e. The fraction of sp³-hybridized carbons (Fsp3) is 1.00. The highest BCUT2D eigenvalue weighted by molar-refractivity contribution is 7.89. The Kier molecular flexibility index (Phi) is 5.72. The Balaban J connectivity index is 2.33. The van der Waals surface area contributed by atoms with Crippen molar-refractivity contribution in [2.45, 2.75) is 51.5 Å². The van der Waals surface area contributed by atoms with Crippen LogP contribution in [0.1, 0.15) is 45.4 Å². The molecule has 2 N–H and O–H groups in total. The summed E-state index contributed by atoms with van der Waals surface area (Å²) in [6.45, 7) is 2.02. The molecule has 0 aliphatic heterocycles. The van der Waals surface area contributed by atoms with Crippen LogP contribution < -0.4 is 4.72 Å². The van der Waals surface area contributed by atoms with Crippen molar-refractivity contribution >= 4 is 10.0 Å². The number of aliphatic hydroxyl groups excluding tert-OH is 1. The predicted octanol–water partition coefficient (Wildman–Crippen LogP) is 1.26. The molecule has 4 nitrogen and oxygen atoms in total. The van der Waals surface area contributed by atoms with Gasteiger partial charge in [0, 0.05) is 12.6 Å². The van der Waals surface area contributed by atoms with E-state index in [9.17, 15) is 8.42 Å². The molecule has 0 heterocycles. The summed E-state index contributed by atoms with van der Waals surface area (Å²) < 4.78 is 26.1. The highest BCUT2D eigenvalue weighted by atomic mass is 32.2. The van der Waals surface area contributed by atoms with Crippen molar-refractivity contribution in [1.29, 1.82) is 0 Å². The van der Waals surface area contributed by atoms with Gasteiger partial charge in [-0.15, -0.1) is 0 Å². The van der Waals surface area contributed by atoms with Gasteiger partial charge in [0.25, 0.3) is 0 Å². The normalized spacial score (nSPS) is 20.1. The van der Waals surface area contributed by atoms with Crippen LogP contribution in [-0.4, -0.2) is 31.9 Å². The third kappa shape index (κ3) is 4.80. The molecule has 0 spiro atoms. The van der Waals surface area contributed by atoms with Gasteiger partial charge in [0.1, 0.15) is 0 Å². The Morgan fingerprint density at radius 3 is 2.50 bits per heavy atom. The molecule has 0 aromatic carbocycles. The van der Waals surface area contributed by atoms with E-state index < -0.39 is 10.0 Å². The SMILES string of the molecule is CC(NS(=O)(=O)CCCCO)C1CCCC1. The van der Waals surface area contributed by atoms with Gasteiger partial charge < -0.3 is 5.11 Å². The van der Waals surface area contributed by atoms with Crippen LogP contribution in [0, 0.1) is 5.92 Å². The van der Waals surface area contributed by atoms with Crippen LogP contribution in [0.4, 0.5) is 0 Å². The Morgan fingerprint density at radius 1 is 1.31 bits per heavy atom. The monoisotopic (exact) mass is 249 g/mol. The lowest BCUT2D eigenvalue weighted by atomic mass is 10.0. The largest absolute Gasteiger partial charge is 0.396 e. The fourth-order valence-corrected chi connectivity index (χ4v) is 3.76. The van der Waals surface area contributed by atoms with Gasteiger partial charge in [-0.1, -0.05) is 12.8 Å². The lowest BCUT2D eigenvalue weighted by Gasteiger charge is -2.20. The first-order chi connectivity index (χ1) is 7.55. The van der Waals surface area contributed by atoms with Gasteiger partial charge in [-0.3, -0.25) is 0 Å². The second-order valence-electron chi connectivity index (χ2n) is 4.70. The number of hydrogen-bond donors (Lipinski definition) is 2. The molecule has 0 bridgehead atoms. The summed E-state index contributed by atoms with van der Waals surface area (Å²) in [6, 6.07) is 0.0571. The average Bonchev–Trinajstić information content (AvgIpc) is 2.69. The summed E-state index contributed by atoms with van der Waals surface area (Å²) in [6.07, 6.45) is 5.81.